The Morgan fingerprint density at radius 2 is 1.75 bits per heavy atom. The van der Waals surface area contributed by atoms with E-state index in [1.807, 2.05) is 6.07 Å². The number of carbonyl (C=O) groups excluding carboxylic acids is 1. The smallest absolute Gasteiger partial charge is 0.321 e. The first-order valence-electron chi connectivity index (χ1n) is 6.92. The number of hydrogen-bond donors (Lipinski definition) is 2. The van der Waals surface area contributed by atoms with Crippen molar-refractivity contribution in [2.24, 2.45) is 5.73 Å². The number of carbonyl (C=O) groups is 1. The molecule has 0 heterocycles. The van der Waals surface area contributed by atoms with E-state index >= 15 is 0 Å². The highest BCUT2D eigenvalue weighted by atomic mass is 35.5. The van der Waals surface area contributed by atoms with E-state index in [1.165, 1.54) is 4.90 Å². The van der Waals surface area contributed by atoms with Crippen molar-refractivity contribution in [1.29, 1.82) is 0 Å². The maximum atomic E-state index is 11.8. The topological polar surface area (TPSA) is 61.6 Å². The third kappa shape index (κ3) is 4.29. The van der Waals surface area contributed by atoms with Gasteiger partial charge in [-0.15, -0.1) is 0 Å². The van der Waals surface area contributed by atoms with Crippen LogP contribution in [0.5, 0.6) is 0 Å². The zero-order valence-electron chi connectivity index (χ0n) is 13.1. The minimum atomic E-state index is -0.233. The summed E-state index contributed by atoms with van der Waals surface area (Å²) in [7, 11) is 3.33. The van der Waals surface area contributed by atoms with Crippen LogP contribution in [0, 0.1) is 0 Å². The van der Waals surface area contributed by atoms with Crippen LogP contribution in [0.1, 0.15) is 0 Å². The lowest BCUT2D eigenvalue weighted by molar-refractivity contribution is 0.230. The molecule has 0 aliphatic rings. The average molecular weight is 383 g/mol. The van der Waals surface area contributed by atoms with Gasteiger partial charge in [0, 0.05) is 25.5 Å². The normalized spacial score (nSPS) is 10.2. The van der Waals surface area contributed by atoms with Crippen LogP contribution >= 0.6 is 35.4 Å². The monoisotopic (exact) mass is 382 g/mol. The number of nitrogens with one attached hydrogen (secondary N) is 1. The lowest BCUT2D eigenvalue weighted by Gasteiger charge is -2.24. The number of hydrogen-bond acceptors (Lipinski definition) is 2. The number of anilines is 3. The Hall–Kier alpha value is -2.02. The van der Waals surface area contributed by atoms with Crippen LogP contribution in [0.15, 0.2) is 42.5 Å². The summed E-state index contributed by atoms with van der Waals surface area (Å²) in [4.78, 5) is 14.9. The Kier molecular flexibility index (Phi) is 5.88. The predicted molar refractivity (Wildman–Crippen MR) is 105 cm³/mol. The van der Waals surface area contributed by atoms with E-state index in [0.29, 0.717) is 27.1 Å². The first kappa shape index (κ1) is 18.3. The second-order valence-corrected chi connectivity index (χ2v) is 6.38. The van der Waals surface area contributed by atoms with Crippen LogP contribution in [-0.4, -0.2) is 30.1 Å². The number of thiocarbonyl (C=S) groups is 1. The van der Waals surface area contributed by atoms with Crippen molar-refractivity contribution in [3.63, 3.8) is 0 Å². The van der Waals surface area contributed by atoms with Gasteiger partial charge in [0.1, 0.15) is 0 Å². The van der Waals surface area contributed by atoms with Gasteiger partial charge in [-0.05, 0) is 48.6 Å². The molecule has 0 radical (unpaired) electrons. The number of halogens is 2. The van der Waals surface area contributed by atoms with E-state index < -0.39 is 0 Å². The zero-order valence-corrected chi connectivity index (χ0v) is 15.4. The molecule has 8 heteroatoms. The van der Waals surface area contributed by atoms with E-state index in [2.05, 4.69) is 5.32 Å². The summed E-state index contributed by atoms with van der Waals surface area (Å²) in [5.74, 6) is 0. The van der Waals surface area contributed by atoms with Crippen LogP contribution < -0.4 is 16.0 Å². The molecule has 0 spiro atoms. The van der Waals surface area contributed by atoms with Crippen molar-refractivity contribution in [2.45, 2.75) is 0 Å². The van der Waals surface area contributed by atoms with Gasteiger partial charge >= 0.3 is 6.03 Å². The first-order chi connectivity index (χ1) is 11.3. The van der Waals surface area contributed by atoms with Crippen molar-refractivity contribution in [3.05, 3.63) is 52.5 Å². The molecular formula is C16H16Cl2N4OS. The summed E-state index contributed by atoms with van der Waals surface area (Å²) in [6.07, 6.45) is 0. The second-order valence-electron chi connectivity index (χ2n) is 5.15. The number of benzene rings is 2. The molecule has 2 aromatic carbocycles. The lowest BCUT2D eigenvalue weighted by Crippen LogP contribution is -2.31. The van der Waals surface area contributed by atoms with Crippen LogP contribution in [-0.2, 0) is 0 Å². The first-order valence-corrected chi connectivity index (χ1v) is 8.09. The maximum Gasteiger partial charge on any atom is 0.321 e. The van der Waals surface area contributed by atoms with Crippen LogP contribution in [0.3, 0.4) is 0 Å². The van der Waals surface area contributed by atoms with Gasteiger partial charge in [-0.2, -0.15) is 0 Å². The standard InChI is InChI=1S/C16H16Cl2N4OS/c1-21(2)16(23)20-10-4-3-5-11(8-10)22(15(19)24)12-6-7-13(17)14(18)9-12/h3-9H,1-2H3,(H2,19,24)(H,20,23). The molecule has 0 aliphatic heterocycles. The molecule has 0 aliphatic carbocycles. The highest BCUT2D eigenvalue weighted by Crippen LogP contribution is 2.32. The highest BCUT2D eigenvalue weighted by molar-refractivity contribution is 7.80. The summed E-state index contributed by atoms with van der Waals surface area (Å²) >= 11 is 17.2. The summed E-state index contributed by atoms with van der Waals surface area (Å²) in [5, 5.41) is 3.76. The third-order valence-corrected chi connectivity index (χ3v) is 4.07. The zero-order chi connectivity index (χ0) is 17.9. The third-order valence-electron chi connectivity index (χ3n) is 3.14. The van der Waals surface area contributed by atoms with E-state index in [9.17, 15) is 4.79 Å². The molecule has 0 unspecified atom stereocenters. The summed E-state index contributed by atoms with van der Waals surface area (Å²) in [6, 6.07) is 12.0. The van der Waals surface area contributed by atoms with E-state index in [4.69, 9.17) is 41.2 Å². The highest BCUT2D eigenvalue weighted by Gasteiger charge is 2.15. The molecule has 2 rings (SSSR count). The fourth-order valence-electron chi connectivity index (χ4n) is 1.99. The maximum absolute atomic E-state index is 11.8. The Morgan fingerprint density at radius 3 is 2.33 bits per heavy atom. The minimum Gasteiger partial charge on any atom is -0.376 e. The average Bonchev–Trinajstić information content (AvgIpc) is 2.51. The Morgan fingerprint density at radius 1 is 1.08 bits per heavy atom. The van der Waals surface area contributed by atoms with Gasteiger partial charge < -0.3 is 16.0 Å². The van der Waals surface area contributed by atoms with E-state index in [-0.39, 0.29) is 11.1 Å². The molecule has 0 saturated heterocycles. The molecular weight excluding hydrogens is 367 g/mol. The van der Waals surface area contributed by atoms with Gasteiger partial charge in [-0.1, -0.05) is 29.3 Å². The van der Waals surface area contributed by atoms with Crippen molar-refractivity contribution in [2.75, 3.05) is 24.3 Å². The molecule has 2 aromatic rings. The second kappa shape index (κ2) is 7.70. The molecule has 0 aromatic heterocycles. The fraction of sp³-hybridized carbons (Fsp3) is 0.125. The number of rotatable bonds is 3. The molecule has 0 fully saturated rings. The minimum absolute atomic E-state index is 0.143. The lowest BCUT2D eigenvalue weighted by atomic mass is 10.2. The molecule has 24 heavy (non-hydrogen) atoms. The van der Waals surface area contributed by atoms with Crippen molar-refractivity contribution in [1.82, 2.24) is 4.90 Å². The predicted octanol–water partition coefficient (Wildman–Crippen LogP) is 4.47. The number of urea groups is 1. The van der Waals surface area contributed by atoms with E-state index in [1.54, 1.807) is 55.4 Å². The van der Waals surface area contributed by atoms with Crippen LogP contribution in [0.25, 0.3) is 0 Å². The summed E-state index contributed by atoms with van der Waals surface area (Å²) in [5.41, 5.74) is 7.86. The van der Waals surface area contributed by atoms with Crippen LogP contribution in [0.2, 0.25) is 10.0 Å². The SMILES string of the molecule is CN(C)C(=O)Nc1cccc(N(C(N)=S)c2ccc(Cl)c(Cl)c2)c1. The Bertz CT molecular complexity index is 782. The van der Waals surface area contributed by atoms with Crippen molar-refractivity contribution >= 4 is 63.6 Å². The molecule has 2 amide bonds. The fourth-order valence-corrected chi connectivity index (χ4v) is 2.49. The van der Waals surface area contributed by atoms with Gasteiger partial charge in [-0.3, -0.25) is 4.90 Å². The number of amides is 2. The quantitative estimate of drug-likeness (QED) is 0.768. The largest absolute Gasteiger partial charge is 0.376 e. The Balaban J connectivity index is 2.40. The summed E-state index contributed by atoms with van der Waals surface area (Å²) < 4.78 is 0. The van der Waals surface area contributed by atoms with Gasteiger partial charge in [0.25, 0.3) is 0 Å². The number of nitrogens with two attached hydrogens (primary N) is 1. The molecule has 5 nitrogen and oxygen atoms in total. The van der Waals surface area contributed by atoms with Gasteiger partial charge in [-0.25, -0.2) is 4.79 Å². The molecule has 0 bridgehead atoms. The van der Waals surface area contributed by atoms with Crippen molar-refractivity contribution in [3.8, 4) is 0 Å². The van der Waals surface area contributed by atoms with Gasteiger partial charge in [0.05, 0.1) is 15.7 Å². The Labute approximate surface area is 155 Å². The summed E-state index contributed by atoms with van der Waals surface area (Å²) in [6.45, 7) is 0. The van der Waals surface area contributed by atoms with E-state index in [0.717, 1.165) is 0 Å². The number of nitrogens with zero attached hydrogens (tertiary/aromatic N) is 2. The van der Waals surface area contributed by atoms with Crippen molar-refractivity contribution < 1.29 is 4.79 Å². The molecule has 0 saturated carbocycles. The van der Waals surface area contributed by atoms with Gasteiger partial charge in [0.2, 0.25) is 0 Å². The molecule has 3 N–H and O–H groups in total. The van der Waals surface area contributed by atoms with Gasteiger partial charge in [0.15, 0.2) is 5.11 Å². The molecule has 126 valence electrons. The molecule has 0 atom stereocenters. The van der Waals surface area contributed by atoms with Crippen LogP contribution in [0.4, 0.5) is 21.9 Å².